The molecule has 3 rings (SSSR count). The van der Waals surface area contributed by atoms with E-state index in [1.165, 1.54) is 11.3 Å². The second kappa shape index (κ2) is 8.60. The van der Waals surface area contributed by atoms with Crippen molar-refractivity contribution < 1.29 is 9.53 Å². The molecular weight excluding hydrogens is 370 g/mol. The van der Waals surface area contributed by atoms with Gasteiger partial charge < -0.3 is 4.74 Å². The summed E-state index contributed by atoms with van der Waals surface area (Å²) in [6, 6.07) is 16.7. The Bertz CT molecular complexity index is 908. The van der Waals surface area contributed by atoms with Crippen LogP contribution in [0.4, 0.5) is 5.13 Å². The highest BCUT2D eigenvalue weighted by molar-refractivity contribution is 7.15. The van der Waals surface area contributed by atoms with Gasteiger partial charge in [-0.05, 0) is 42.8 Å². The lowest BCUT2D eigenvalue weighted by Crippen LogP contribution is -2.12. The maximum atomic E-state index is 12.3. The predicted molar refractivity (Wildman–Crippen MR) is 104 cm³/mol. The number of benzene rings is 2. The van der Waals surface area contributed by atoms with Crippen molar-refractivity contribution >= 4 is 40.1 Å². The normalized spacial score (nSPS) is 11.2. The van der Waals surface area contributed by atoms with Crippen molar-refractivity contribution in [1.29, 1.82) is 0 Å². The van der Waals surface area contributed by atoms with Crippen LogP contribution in [0.25, 0.3) is 6.08 Å². The van der Waals surface area contributed by atoms with Crippen LogP contribution in [0, 0.1) is 0 Å². The molecule has 0 aliphatic heterocycles. The number of hydrogen-bond acceptors (Lipinski definition) is 5. The van der Waals surface area contributed by atoms with E-state index in [0.717, 1.165) is 5.56 Å². The first-order valence-electron chi connectivity index (χ1n) is 7.85. The Morgan fingerprint density at radius 2 is 1.88 bits per heavy atom. The molecule has 7 heteroatoms. The average molecular weight is 386 g/mol. The Balaban J connectivity index is 1.56. The molecule has 0 saturated heterocycles. The zero-order valence-corrected chi connectivity index (χ0v) is 15.6. The van der Waals surface area contributed by atoms with E-state index >= 15 is 0 Å². The van der Waals surface area contributed by atoms with E-state index in [1.807, 2.05) is 36.4 Å². The molecule has 0 fully saturated rings. The summed E-state index contributed by atoms with van der Waals surface area (Å²) in [5, 5.41) is 12.5. The van der Waals surface area contributed by atoms with Crippen molar-refractivity contribution in [3.8, 4) is 5.75 Å². The monoisotopic (exact) mass is 385 g/mol. The molecule has 0 saturated carbocycles. The number of amides is 1. The lowest BCUT2D eigenvalue weighted by atomic mass is 10.1. The number of rotatable bonds is 6. The highest BCUT2D eigenvalue weighted by Gasteiger charge is 2.10. The largest absolute Gasteiger partial charge is 0.486 e. The summed E-state index contributed by atoms with van der Waals surface area (Å²) in [7, 11) is 0. The Morgan fingerprint density at radius 1 is 1.15 bits per heavy atom. The molecule has 0 atom stereocenters. The Labute approximate surface area is 160 Å². The molecule has 0 bridgehead atoms. The summed E-state index contributed by atoms with van der Waals surface area (Å²) in [6.07, 6.45) is 1.82. The summed E-state index contributed by atoms with van der Waals surface area (Å²) in [5.41, 5.74) is 1.56. The van der Waals surface area contributed by atoms with Crippen LogP contribution in [0.1, 0.15) is 17.5 Å². The molecule has 0 radical (unpaired) electrons. The molecule has 0 spiro atoms. The first-order chi connectivity index (χ1) is 12.6. The van der Waals surface area contributed by atoms with E-state index in [-0.39, 0.29) is 12.5 Å². The van der Waals surface area contributed by atoms with E-state index < -0.39 is 0 Å². The standard InChI is InChI=1S/C19H16ClN3O2S/c1-13(11-14-5-3-2-4-6-14)18(24)21-19-23-22-17(26-19)12-25-16-9-7-15(20)8-10-16/h2-11H,12H2,1H3,(H,21,23,24)/b13-11+. The molecule has 0 aliphatic carbocycles. The van der Waals surface area contributed by atoms with Gasteiger partial charge in [-0.1, -0.05) is 53.3 Å². The second-order valence-electron chi connectivity index (χ2n) is 5.44. The minimum atomic E-state index is -0.213. The van der Waals surface area contributed by atoms with Crippen molar-refractivity contribution in [2.24, 2.45) is 0 Å². The van der Waals surface area contributed by atoms with Crippen molar-refractivity contribution in [2.45, 2.75) is 13.5 Å². The summed E-state index contributed by atoms with van der Waals surface area (Å²) >= 11 is 7.11. The third-order valence-corrected chi connectivity index (χ3v) is 4.47. The first-order valence-corrected chi connectivity index (χ1v) is 9.05. The predicted octanol–water partition coefficient (Wildman–Crippen LogP) is 4.81. The van der Waals surface area contributed by atoms with E-state index in [9.17, 15) is 4.79 Å². The molecule has 3 aromatic rings. The molecule has 1 amide bonds. The number of carbonyl (C=O) groups excluding carboxylic acids is 1. The minimum Gasteiger partial charge on any atom is -0.486 e. The fourth-order valence-electron chi connectivity index (χ4n) is 2.10. The number of aromatic nitrogens is 2. The Morgan fingerprint density at radius 3 is 2.62 bits per heavy atom. The van der Waals surface area contributed by atoms with Gasteiger partial charge in [0.15, 0.2) is 5.01 Å². The number of nitrogens with zero attached hydrogens (tertiary/aromatic N) is 2. The Kier molecular flexibility index (Phi) is 5.99. The zero-order chi connectivity index (χ0) is 18.4. The molecule has 26 heavy (non-hydrogen) atoms. The van der Waals surface area contributed by atoms with Gasteiger partial charge in [-0.25, -0.2) is 0 Å². The van der Waals surface area contributed by atoms with Crippen molar-refractivity contribution in [2.75, 3.05) is 5.32 Å². The fourth-order valence-corrected chi connectivity index (χ4v) is 2.87. The van der Waals surface area contributed by atoms with Gasteiger partial charge in [0, 0.05) is 10.6 Å². The molecular formula is C19H16ClN3O2S. The van der Waals surface area contributed by atoms with E-state index in [1.54, 1.807) is 31.2 Å². The lowest BCUT2D eigenvalue weighted by molar-refractivity contribution is -0.112. The van der Waals surface area contributed by atoms with Crippen LogP contribution in [0.15, 0.2) is 60.2 Å². The summed E-state index contributed by atoms with van der Waals surface area (Å²) in [4.78, 5) is 12.3. The first kappa shape index (κ1) is 18.1. The number of carbonyl (C=O) groups is 1. The molecule has 0 aliphatic rings. The van der Waals surface area contributed by atoms with Crippen LogP contribution in [0.5, 0.6) is 5.75 Å². The summed E-state index contributed by atoms with van der Waals surface area (Å²) in [5.74, 6) is 0.479. The third kappa shape index (κ3) is 5.15. The SMILES string of the molecule is C/C(=C\c1ccccc1)C(=O)Nc1nnc(COc2ccc(Cl)cc2)s1. The van der Waals surface area contributed by atoms with Gasteiger partial charge in [0.05, 0.1) is 0 Å². The van der Waals surface area contributed by atoms with Crippen molar-refractivity contribution in [3.05, 3.63) is 75.8 Å². The third-order valence-electron chi connectivity index (χ3n) is 3.40. The number of anilines is 1. The van der Waals surface area contributed by atoms with Crippen molar-refractivity contribution in [3.63, 3.8) is 0 Å². The topological polar surface area (TPSA) is 64.1 Å². The van der Waals surface area contributed by atoms with Gasteiger partial charge in [0.25, 0.3) is 5.91 Å². The van der Waals surface area contributed by atoms with E-state index in [4.69, 9.17) is 16.3 Å². The second-order valence-corrected chi connectivity index (χ2v) is 6.93. The van der Waals surface area contributed by atoms with Gasteiger partial charge in [-0.2, -0.15) is 0 Å². The number of hydrogen-bond donors (Lipinski definition) is 1. The average Bonchev–Trinajstić information content (AvgIpc) is 3.09. The molecule has 0 unspecified atom stereocenters. The van der Waals surface area contributed by atoms with Crippen LogP contribution in [0.2, 0.25) is 5.02 Å². The van der Waals surface area contributed by atoms with Gasteiger partial charge in [0.2, 0.25) is 5.13 Å². The minimum absolute atomic E-state index is 0.213. The summed E-state index contributed by atoms with van der Waals surface area (Å²) in [6.45, 7) is 2.03. The zero-order valence-electron chi connectivity index (χ0n) is 14.0. The van der Waals surface area contributed by atoms with E-state index in [0.29, 0.717) is 26.5 Å². The molecule has 1 N–H and O–H groups in total. The highest BCUT2D eigenvalue weighted by Crippen LogP contribution is 2.20. The van der Waals surface area contributed by atoms with Gasteiger partial charge >= 0.3 is 0 Å². The smallest absolute Gasteiger partial charge is 0.253 e. The summed E-state index contributed by atoms with van der Waals surface area (Å²) < 4.78 is 5.62. The van der Waals surface area contributed by atoms with Gasteiger partial charge in [-0.3, -0.25) is 10.1 Å². The maximum absolute atomic E-state index is 12.3. The van der Waals surface area contributed by atoms with Crippen LogP contribution in [0.3, 0.4) is 0 Å². The van der Waals surface area contributed by atoms with E-state index in [2.05, 4.69) is 15.5 Å². The van der Waals surface area contributed by atoms with Crippen molar-refractivity contribution in [1.82, 2.24) is 10.2 Å². The molecule has 1 aromatic heterocycles. The Hall–Kier alpha value is -2.70. The highest BCUT2D eigenvalue weighted by atomic mass is 35.5. The van der Waals surface area contributed by atoms with Crippen LogP contribution in [-0.2, 0) is 11.4 Å². The maximum Gasteiger partial charge on any atom is 0.253 e. The van der Waals surface area contributed by atoms with Gasteiger partial charge in [-0.15, -0.1) is 10.2 Å². The van der Waals surface area contributed by atoms with Gasteiger partial charge in [0.1, 0.15) is 12.4 Å². The van der Waals surface area contributed by atoms with Crippen LogP contribution < -0.4 is 10.1 Å². The molecule has 2 aromatic carbocycles. The number of nitrogens with one attached hydrogen (secondary N) is 1. The molecule has 132 valence electrons. The van der Waals surface area contributed by atoms with Crippen LogP contribution in [-0.4, -0.2) is 16.1 Å². The lowest BCUT2D eigenvalue weighted by Gasteiger charge is -2.03. The number of halogens is 1. The molecule has 5 nitrogen and oxygen atoms in total. The number of ether oxygens (including phenoxy) is 1. The molecule has 1 heterocycles. The fraction of sp³-hybridized carbons (Fsp3) is 0.105. The quantitative estimate of drug-likeness (QED) is 0.618. The van der Waals surface area contributed by atoms with Crippen LogP contribution >= 0.6 is 22.9 Å².